The number of thiophene rings is 1. The lowest BCUT2D eigenvalue weighted by atomic mass is 10.2. The average Bonchev–Trinajstić information content (AvgIpc) is 3.20. The van der Waals surface area contributed by atoms with Crippen molar-refractivity contribution in [2.45, 2.75) is 25.9 Å². The number of fused-ring (bicyclic) bond motifs is 2. The number of rotatable bonds is 6. The fourth-order valence-corrected chi connectivity index (χ4v) is 5.47. The second-order valence-electron chi connectivity index (χ2n) is 6.25. The van der Waals surface area contributed by atoms with Gasteiger partial charge in [0.15, 0.2) is 10.3 Å². The predicted molar refractivity (Wildman–Crippen MR) is 120 cm³/mol. The molecule has 0 bridgehead atoms. The zero-order chi connectivity index (χ0) is 20.5. The van der Waals surface area contributed by atoms with Crippen LogP contribution in [0.15, 0.2) is 28.2 Å². The summed E-state index contributed by atoms with van der Waals surface area (Å²) in [6, 6.07) is 5.64. The largest absolute Gasteiger partial charge is 0.494 e. The molecule has 3 aromatic heterocycles. The van der Waals surface area contributed by atoms with Crippen LogP contribution in [-0.2, 0) is 4.79 Å². The van der Waals surface area contributed by atoms with Gasteiger partial charge in [-0.15, -0.1) is 11.3 Å². The Kier molecular flexibility index (Phi) is 5.57. The van der Waals surface area contributed by atoms with E-state index in [0.29, 0.717) is 27.1 Å². The molecule has 3 heterocycles. The Bertz CT molecular complexity index is 1280. The van der Waals surface area contributed by atoms with Gasteiger partial charge in [-0.1, -0.05) is 23.1 Å². The van der Waals surface area contributed by atoms with Crippen molar-refractivity contribution in [1.82, 2.24) is 15.0 Å². The molecular weight excluding hydrogens is 428 g/mol. The third kappa shape index (κ3) is 4.14. The van der Waals surface area contributed by atoms with E-state index >= 15 is 0 Å². The van der Waals surface area contributed by atoms with E-state index in [4.69, 9.17) is 4.74 Å². The van der Waals surface area contributed by atoms with Gasteiger partial charge in [-0.25, -0.2) is 9.97 Å². The lowest BCUT2D eigenvalue weighted by Gasteiger charge is -2.02. The van der Waals surface area contributed by atoms with E-state index in [1.807, 2.05) is 39.0 Å². The van der Waals surface area contributed by atoms with Gasteiger partial charge in [0.05, 0.1) is 28.0 Å². The first-order valence-corrected chi connectivity index (χ1v) is 11.5. The zero-order valence-electron chi connectivity index (χ0n) is 16.0. The number of thiazole rings is 1. The number of ether oxygens (including phenoxy) is 1. The molecule has 4 rings (SSSR count). The minimum atomic E-state index is -0.208. The van der Waals surface area contributed by atoms with Crippen molar-refractivity contribution in [2.24, 2.45) is 0 Å². The maximum atomic E-state index is 12.3. The van der Waals surface area contributed by atoms with Crippen LogP contribution in [-0.4, -0.2) is 33.2 Å². The second-order valence-corrected chi connectivity index (χ2v) is 9.45. The number of thioether (sulfide) groups is 1. The highest BCUT2D eigenvalue weighted by Crippen LogP contribution is 2.30. The monoisotopic (exact) mass is 446 g/mol. The molecule has 29 heavy (non-hydrogen) atoms. The summed E-state index contributed by atoms with van der Waals surface area (Å²) in [6.45, 7) is 6.41. The van der Waals surface area contributed by atoms with Crippen LogP contribution in [0.1, 0.15) is 17.4 Å². The molecule has 0 spiro atoms. The van der Waals surface area contributed by atoms with Crippen LogP contribution >= 0.6 is 34.4 Å². The zero-order valence-corrected chi connectivity index (χ0v) is 18.4. The highest BCUT2D eigenvalue weighted by atomic mass is 32.2. The van der Waals surface area contributed by atoms with Crippen LogP contribution in [0, 0.1) is 13.8 Å². The first kappa shape index (κ1) is 19.9. The quantitative estimate of drug-likeness (QED) is 0.338. The van der Waals surface area contributed by atoms with Gasteiger partial charge in [-0.3, -0.25) is 9.59 Å². The van der Waals surface area contributed by atoms with E-state index in [2.05, 4.69) is 20.3 Å². The summed E-state index contributed by atoms with van der Waals surface area (Å²) in [5, 5.41) is 4.40. The molecule has 150 valence electrons. The summed E-state index contributed by atoms with van der Waals surface area (Å²) in [5.41, 5.74) is 1.59. The number of nitrogens with zero attached hydrogens (tertiary/aromatic N) is 2. The number of carbonyl (C=O) groups excluding carboxylic acids is 1. The smallest absolute Gasteiger partial charge is 0.260 e. The number of hydrogen-bond acceptors (Lipinski definition) is 8. The Morgan fingerprint density at radius 1 is 1.28 bits per heavy atom. The van der Waals surface area contributed by atoms with Crippen molar-refractivity contribution in [3.63, 3.8) is 0 Å². The Balaban J connectivity index is 1.44. The number of aromatic nitrogens is 3. The molecule has 1 aromatic carbocycles. The molecular formula is C19H18N4O3S3. The van der Waals surface area contributed by atoms with Gasteiger partial charge in [0.2, 0.25) is 5.91 Å². The molecule has 4 aromatic rings. The molecule has 10 heteroatoms. The van der Waals surface area contributed by atoms with Crippen molar-refractivity contribution in [1.29, 1.82) is 0 Å². The summed E-state index contributed by atoms with van der Waals surface area (Å²) < 4.78 is 6.44. The first-order valence-electron chi connectivity index (χ1n) is 8.90. The molecule has 0 saturated heterocycles. The molecule has 0 aliphatic heterocycles. The Hall–Kier alpha value is -2.43. The van der Waals surface area contributed by atoms with E-state index in [-0.39, 0.29) is 17.2 Å². The van der Waals surface area contributed by atoms with Gasteiger partial charge in [0, 0.05) is 4.88 Å². The average molecular weight is 447 g/mol. The summed E-state index contributed by atoms with van der Waals surface area (Å²) in [7, 11) is 0. The molecule has 0 radical (unpaired) electrons. The highest BCUT2D eigenvalue weighted by molar-refractivity contribution is 7.99. The van der Waals surface area contributed by atoms with E-state index in [1.54, 1.807) is 0 Å². The molecule has 7 nitrogen and oxygen atoms in total. The molecule has 0 atom stereocenters. The number of hydrogen-bond donors (Lipinski definition) is 2. The molecule has 2 N–H and O–H groups in total. The molecule has 0 aliphatic carbocycles. The van der Waals surface area contributed by atoms with E-state index < -0.39 is 0 Å². The van der Waals surface area contributed by atoms with Gasteiger partial charge in [-0.2, -0.15) is 0 Å². The van der Waals surface area contributed by atoms with Crippen LogP contribution in [0.2, 0.25) is 0 Å². The third-order valence-corrected chi connectivity index (χ3v) is 7.18. The Morgan fingerprint density at radius 3 is 2.90 bits per heavy atom. The molecule has 0 saturated carbocycles. The van der Waals surface area contributed by atoms with Crippen LogP contribution in [0.5, 0.6) is 5.75 Å². The number of aromatic amines is 1. The van der Waals surface area contributed by atoms with Gasteiger partial charge in [0.1, 0.15) is 10.6 Å². The van der Waals surface area contributed by atoms with Crippen molar-refractivity contribution in [2.75, 3.05) is 17.7 Å². The summed E-state index contributed by atoms with van der Waals surface area (Å²) in [5.74, 6) is 0.694. The molecule has 0 aliphatic rings. The van der Waals surface area contributed by atoms with Crippen LogP contribution in [0.25, 0.3) is 20.4 Å². The lowest BCUT2D eigenvalue weighted by Crippen LogP contribution is -2.15. The minimum absolute atomic E-state index is 0.123. The van der Waals surface area contributed by atoms with E-state index in [9.17, 15) is 9.59 Å². The van der Waals surface area contributed by atoms with Gasteiger partial charge in [-0.05, 0) is 44.5 Å². The SMILES string of the molecule is CCOc1ccc2nc(NC(=O)CSc3nc4sc(C)c(C)c4c(=O)[nH]3)sc2c1. The van der Waals surface area contributed by atoms with E-state index in [0.717, 1.165) is 26.4 Å². The summed E-state index contributed by atoms with van der Waals surface area (Å²) in [4.78, 5) is 38.1. The molecule has 0 unspecified atom stereocenters. The van der Waals surface area contributed by atoms with Gasteiger partial charge in [0.25, 0.3) is 5.56 Å². The summed E-state index contributed by atoms with van der Waals surface area (Å²) in [6.07, 6.45) is 0. The van der Waals surface area contributed by atoms with Gasteiger partial charge < -0.3 is 15.0 Å². The van der Waals surface area contributed by atoms with Crippen LogP contribution in [0.3, 0.4) is 0 Å². The molecule has 0 fully saturated rings. The number of nitrogens with one attached hydrogen (secondary N) is 2. The Morgan fingerprint density at radius 2 is 2.10 bits per heavy atom. The highest BCUT2D eigenvalue weighted by Gasteiger charge is 2.14. The number of aryl methyl sites for hydroxylation is 2. The fourth-order valence-electron chi connectivity index (χ4n) is 2.81. The van der Waals surface area contributed by atoms with Crippen molar-refractivity contribution in [3.8, 4) is 5.75 Å². The Labute approximate surface area is 178 Å². The maximum absolute atomic E-state index is 12.3. The maximum Gasteiger partial charge on any atom is 0.260 e. The predicted octanol–water partition coefficient (Wildman–Crippen LogP) is 4.34. The standard InChI is InChI=1S/C19H18N4O3S3/c1-4-26-11-5-6-12-13(7-11)29-19(20-12)21-14(24)8-27-18-22-16(25)15-9(2)10(3)28-17(15)23-18/h5-7H,4,8H2,1-3H3,(H,20,21,24)(H,22,23,25). The number of carbonyl (C=O) groups is 1. The number of benzene rings is 1. The lowest BCUT2D eigenvalue weighted by molar-refractivity contribution is -0.113. The molecule has 1 amide bonds. The number of amides is 1. The minimum Gasteiger partial charge on any atom is -0.494 e. The third-order valence-electron chi connectivity index (χ3n) is 4.27. The van der Waals surface area contributed by atoms with Crippen molar-refractivity contribution < 1.29 is 9.53 Å². The second kappa shape index (κ2) is 8.13. The van der Waals surface area contributed by atoms with Gasteiger partial charge >= 0.3 is 0 Å². The van der Waals surface area contributed by atoms with Crippen LogP contribution in [0.4, 0.5) is 5.13 Å². The fraction of sp³-hybridized carbons (Fsp3) is 0.263. The van der Waals surface area contributed by atoms with Crippen LogP contribution < -0.4 is 15.6 Å². The normalized spacial score (nSPS) is 11.3. The topological polar surface area (TPSA) is 97.0 Å². The number of H-pyrrole nitrogens is 1. The number of anilines is 1. The van der Waals surface area contributed by atoms with E-state index in [1.165, 1.54) is 34.4 Å². The van der Waals surface area contributed by atoms with Crippen molar-refractivity contribution >= 4 is 65.9 Å². The first-order chi connectivity index (χ1) is 13.9. The summed E-state index contributed by atoms with van der Waals surface area (Å²) >= 11 is 4.07. The van der Waals surface area contributed by atoms with Crippen molar-refractivity contribution in [3.05, 3.63) is 39.0 Å².